The van der Waals surface area contributed by atoms with E-state index in [1.54, 1.807) is 17.8 Å². The quantitative estimate of drug-likeness (QED) is 0.527. The lowest BCUT2D eigenvalue weighted by atomic mass is 10.2. The number of para-hydroxylation sites is 1. The van der Waals surface area contributed by atoms with E-state index in [0.29, 0.717) is 4.47 Å². The van der Waals surface area contributed by atoms with Gasteiger partial charge in [0.25, 0.3) is 5.69 Å². The molecule has 1 N–H and O–H groups in total. The zero-order valence-electron chi connectivity index (χ0n) is 9.01. The second kappa shape index (κ2) is 4.29. The monoisotopic (exact) mass is 322 g/mol. The topological polar surface area (TPSA) is 55.2 Å². The SMILES string of the molecule is O=[N+]([O-])c1ccc2c(c1Br)Nc1ccccc1S2. The van der Waals surface area contributed by atoms with Gasteiger partial charge in [-0.2, -0.15) is 0 Å². The van der Waals surface area contributed by atoms with Crippen LogP contribution in [0, 0.1) is 10.1 Å². The van der Waals surface area contributed by atoms with E-state index in [4.69, 9.17) is 0 Å². The molecule has 0 bridgehead atoms. The molecule has 1 aliphatic heterocycles. The van der Waals surface area contributed by atoms with Crippen molar-refractivity contribution < 1.29 is 4.92 Å². The van der Waals surface area contributed by atoms with Crippen molar-refractivity contribution in [2.24, 2.45) is 0 Å². The minimum atomic E-state index is -0.392. The largest absolute Gasteiger partial charge is 0.353 e. The van der Waals surface area contributed by atoms with Gasteiger partial charge in [-0.05, 0) is 34.1 Å². The highest BCUT2D eigenvalue weighted by molar-refractivity contribution is 9.10. The summed E-state index contributed by atoms with van der Waals surface area (Å²) in [6.07, 6.45) is 0. The molecule has 0 aromatic heterocycles. The van der Waals surface area contributed by atoms with E-state index >= 15 is 0 Å². The van der Waals surface area contributed by atoms with Gasteiger partial charge in [0.15, 0.2) is 0 Å². The third-order valence-electron chi connectivity index (χ3n) is 2.65. The molecule has 0 amide bonds. The van der Waals surface area contributed by atoms with Gasteiger partial charge >= 0.3 is 0 Å². The summed E-state index contributed by atoms with van der Waals surface area (Å²) in [4.78, 5) is 12.6. The van der Waals surface area contributed by atoms with Crippen molar-refractivity contribution in [3.8, 4) is 0 Å². The minimum absolute atomic E-state index is 0.0706. The van der Waals surface area contributed by atoms with E-state index < -0.39 is 4.92 Å². The molecule has 6 heteroatoms. The lowest BCUT2D eigenvalue weighted by Gasteiger charge is -2.21. The smallest absolute Gasteiger partial charge is 0.285 e. The van der Waals surface area contributed by atoms with Crippen LogP contribution in [-0.4, -0.2) is 4.92 Å². The number of nitro benzene ring substituents is 1. The molecule has 4 nitrogen and oxygen atoms in total. The van der Waals surface area contributed by atoms with E-state index in [-0.39, 0.29) is 5.69 Å². The Hall–Kier alpha value is -1.53. The average Bonchev–Trinajstić information content (AvgIpc) is 2.37. The van der Waals surface area contributed by atoms with Gasteiger partial charge in [-0.15, -0.1) is 0 Å². The molecule has 0 unspecified atom stereocenters. The highest BCUT2D eigenvalue weighted by Gasteiger charge is 2.23. The maximum atomic E-state index is 10.9. The van der Waals surface area contributed by atoms with Gasteiger partial charge in [0.1, 0.15) is 4.47 Å². The first kappa shape index (κ1) is 11.6. The summed E-state index contributed by atoms with van der Waals surface area (Å²) in [6.45, 7) is 0. The van der Waals surface area contributed by atoms with Gasteiger partial charge in [0.05, 0.1) is 16.3 Å². The third-order valence-corrected chi connectivity index (χ3v) is 4.59. The summed E-state index contributed by atoms with van der Waals surface area (Å²) < 4.78 is 0.493. The van der Waals surface area contributed by atoms with Crippen LogP contribution in [0.15, 0.2) is 50.7 Å². The van der Waals surface area contributed by atoms with E-state index in [1.807, 2.05) is 24.3 Å². The number of nitro groups is 1. The van der Waals surface area contributed by atoms with Crippen LogP contribution in [0.1, 0.15) is 0 Å². The van der Waals surface area contributed by atoms with Crippen molar-refractivity contribution in [1.29, 1.82) is 0 Å². The maximum absolute atomic E-state index is 10.9. The number of nitrogens with one attached hydrogen (secondary N) is 1. The number of rotatable bonds is 1. The Morgan fingerprint density at radius 3 is 2.72 bits per heavy atom. The second-order valence-electron chi connectivity index (χ2n) is 3.75. The van der Waals surface area contributed by atoms with Gasteiger partial charge in [-0.25, -0.2) is 0 Å². The molecule has 0 saturated carbocycles. The molecule has 0 fully saturated rings. The van der Waals surface area contributed by atoms with Crippen molar-refractivity contribution in [2.75, 3.05) is 5.32 Å². The number of hydrogen-bond donors (Lipinski definition) is 1. The van der Waals surface area contributed by atoms with E-state index in [0.717, 1.165) is 21.2 Å². The number of benzene rings is 2. The van der Waals surface area contributed by atoms with Crippen LogP contribution in [0.2, 0.25) is 0 Å². The number of anilines is 2. The number of nitrogens with zero attached hydrogens (tertiary/aromatic N) is 1. The Bertz CT molecular complexity index is 661. The first-order valence-corrected chi connectivity index (χ1v) is 6.78. The van der Waals surface area contributed by atoms with Crippen molar-refractivity contribution >= 4 is 44.8 Å². The number of halogens is 1. The summed E-state index contributed by atoms with van der Waals surface area (Å²) in [5.41, 5.74) is 1.80. The van der Waals surface area contributed by atoms with Gasteiger partial charge in [0.2, 0.25) is 0 Å². The molecule has 0 atom stereocenters. The highest BCUT2D eigenvalue weighted by atomic mass is 79.9. The van der Waals surface area contributed by atoms with E-state index in [9.17, 15) is 10.1 Å². The predicted molar refractivity (Wildman–Crippen MR) is 74.6 cm³/mol. The lowest BCUT2D eigenvalue weighted by molar-refractivity contribution is -0.385. The molecular formula is C12H7BrN2O2S. The molecule has 0 aliphatic carbocycles. The van der Waals surface area contributed by atoms with Crippen molar-refractivity contribution in [3.05, 3.63) is 51.0 Å². The molecule has 1 heterocycles. The van der Waals surface area contributed by atoms with Gasteiger partial charge < -0.3 is 5.32 Å². The van der Waals surface area contributed by atoms with E-state index in [1.165, 1.54) is 6.07 Å². The lowest BCUT2D eigenvalue weighted by Crippen LogP contribution is -2.02. The fraction of sp³-hybridized carbons (Fsp3) is 0. The van der Waals surface area contributed by atoms with Crippen LogP contribution in [0.5, 0.6) is 0 Å². The fourth-order valence-electron chi connectivity index (χ4n) is 1.80. The molecule has 0 radical (unpaired) electrons. The number of hydrogen-bond acceptors (Lipinski definition) is 4. The van der Waals surface area contributed by atoms with Crippen molar-refractivity contribution in [3.63, 3.8) is 0 Å². The molecular weight excluding hydrogens is 316 g/mol. The summed E-state index contributed by atoms with van der Waals surface area (Å²) >= 11 is 4.90. The summed E-state index contributed by atoms with van der Waals surface area (Å²) in [6, 6.07) is 11.2. The first-order valence-electron chi connectivity index (χ1n) is 5.17. The van der Waals surface area contributed by atoms with E-state index in [2.05, 4.69) is 21.2 Å². The molecule has 1 aliphatic rings. The maximum Gasteiger partial charge on any atom is 0.285 e. The van der Waals surface area contributed by atoms with Crippen LogP contribution < -0.4 is 5.32 Å². The molecule has 2 aromatic carbocycles. The van der Waals surface area contributed by atoms with Crippen LogP contribution >= 0.6 is 27.7 Å². The fourth-order valence-corrected chi connectivity index (χ4v) is 3.53. The molecule has 0 spiro atoms. The van der Waals surface area contributed by atoms with Crippen LogP contribution in [0.4, 0.5) is 17.1 Å². The third kappa shape index (κ3) is 1.77. The zero-order valence-corrected chi connectivity index (χ0v) is 11.4. The normalized spacial score (nSPS) is 12.3. The van der Waals surface area contributed by atoms with Crippen molar-refractivity contribution in [1.82, 2.24) is 0 Å². The average molecular weight is 323 g/mol. The molecule has 0 saturated heterocycles. The van der Waals surface area contributed by atoms with Crippen LogP contribution in [0.25, 0.3) is 0 Å². The van der Waals surface area contributed by atoms with Gasteiger partial charge in [-0.1, -0.05) is 23.9 Å². The zero-order chi connectivity index (χ0) is 12.7. The van der Waals surface area contributed by atoms with Crippen molar-refractivity contribution in [2.45, 2.75) is 9.79 Å². The Morgan fingerprint density at radius 2 is 1.94 bits per heavy atom. The first-order chi connectivity index (χ1) is 8.66. The minimum Gasteiger partial charge on any atom is -0.353 e. The highest BCUT2D eigenvalue weighted by Crippen LogP contribution is 2.49. The summed E-state index contributed by atoms with van der Waals surface area (Å²) in [5.74, 6) is 0. The Balaban J connectivity index is 2.14. The summed E-state index contributed by atoms with van der Waals surface area (Å²) in [7, 11) is 0. The number of fused-ring (bicyclic) bond motifs is 2. The summed E-state index contributed by atoms with van der Waals surface area (Å²) in [5, 5.41) is 14.1. The van der Waals surface area contributed by atoms with Crippen LogP contribution in [-0.2, 0) is 0 Å². The second-order valence-corrected chi connectivity index (χ2v) is 5.63. The predicted octanol–water partition coefficient (Wildman–Crippen LogP) is 4.57. The molecule has 18 heavy (non-hydrogen) atoms. The van der Waals surface area contributed by atoms with Crippen LogP contribution in [0.3, 0.4) is 0 Å². The molecule has 2 aromatic rings. The molecule has 3 rings (SSSR count). The Labute approximate surface area is 116 Å². The Kier molecular flexibility index (Phi) is 2.76. The Morgan fingerprint density at radius 1 is 1.17 bits per heavy atom. The molecule has 90 valence electrons. The standard InChI is InChI=1S/C12H7BrN2O2S/c13-11-8(15(16)17)5-6-10-12(11)14-7-3-1-2-4-9(7)18-10/h1-6,14H. The van der Waals surface area contributed by atoms with Gasteiger partial charge in [0, 0.05) is 15.9 Å². The van der Waals surface area contributed by atoms with Gasteiger partial charge in [-0.3, -0.25) is 10.1 Å².